The maximum Gasteiger partial charge on any atom is 0.0594 e. The van der Waals surface area contributed by atoms with E-state index in [4.69, 9.17) is 10.5 Å². The van der Waals surface area contributed by atoms with Gasteiger partial charge in [-0.25, -0.2) is 0 Å². The first-order chi connectivity index (χ1) is 6.08. The van der Waals surface area contributed by atoms with E-state index in [1.54, 1.807) is 0 Å². The van der Waals surface area contributed by atoms with E-state index in [9.17, 15) is 0 Å². The van der Waals surface area contributed by atoms with Gasteiger partial charge in [-0.15, -0.1) is 0 Å². The summed E-state index contributed by atoms with van der Waals surface area (Å²) >= 11 is 0. The van der Waals surface area contributed by atoms with Crippen LogP contribution in [0, 0.1) is 5.92 Å². The minimum absolute atomic E-state index is 0.280. The number of hydrogen-bond donors (Lipinski definition) is 1. The maximum atomic E-state index is 5.90. The van der Waals surface area contributed by atoms with Gasteiger partial charge in [0.25, 0.3) is 0 Å². The highest BCUT2D eigenvalue weighted by atomic mass is 16.5. The summed E-state index contributed by atoms with van der Waals surface area (Å²) in [4.78, 5) is 0. The first-order valence-electron chi connectivity index (χ1n) is 5.49. The van der Waals surface area contributed by atoms with Crippen LogP contribution in [0.15, 0.2) is 0 Å². The molecule has 0 aromatic heterocycles. The zero-order valence-electron chi connectivity index (χ0n) is 9.12. The molecule has 1 aliphatic heterocycles. The quantitative estimate of drug-likeness (QED) is 0.729. The van der Waals surface area contributed by atoms with E-state index < -0.39 is 0 Å². The fraction of sp³-hybridized carbons (Fsp3) is 1.00. The molecule has 78 valence electrons. The molecule has 1 heterocycles. The van der Waals surface area contributed by atoms with Gasteiger partial charge in [-0.1, -0.05) is 13.8 Å². The van der Waals surface area contributed by atoms with E-state index in [-0.39, 0.29) is 6.04 Å². The lowest BCUT2D eigenvalue weighted by atomic mass is 10.0. The van der Waals surface area contributed by atoms with Gasteiger partial charge in [-0.2, -0.15) is 0 Å². The molecule has 0 amide bonds. The molecule has 1 saturated heterocycles. The summed E-state index contributed by atoms with van der Waals surface area (Å²) in [6, 6.07) is 0.280. The molecule has 3 unspecified atom stereocenters. The molecule has 0 saturated carbocycles. The Morgan fingerprint density at radius 2 is 1.69 bits per heavy atom. The predicted octanol–water partition coefficient (Wildman–Crippen LogP) is 2.32. The van der Waals surface area contributed by atoms with Crippen LogP contribution in [-0.4, -0.2) is 18.2 Å². The maximum absolute atomic E-state index is 5.90. The van der Waals surface area contributed by atoms with Gasteiger partial charge in [0.2, 0.25) is 0 Å². The molecule has 1 rings (SSSR count). The summed E-state index contributed by atoms with van der Waals surface area (Å²) < 4.78 is 5.90. The Bertz CT molecular complexity index is 129. The van der Waals surface area contributed by atoms with Crippen molar-refractivity contribution in [3.63, 3.8) is 0 Å². The fourth-order valence-corrected chi connectivity index (χ4v) is 2.07. The highest BCUT2D eigenvalue weighted by Crippen LogP contribution is 2.26. The van der Waals surface area contributed by atoms with E-state index in [1.807, 2.05) is 0 Å². The van der Waals surface area contributed by atoms with Gasteiger partial charge in [0, 0.05) is 6.04 Å². The SMILES string of the molecule is CC(C)CC1CCC(CC(C)N)O1. The zero-order chi connectivity index (χ0) is 9.84. The molecule has 0 aliphatic carbocycles. The number of ether oxygens (including phenoxy) is 1. The highest BCUT2D eigenvalue weighted by Gasteiger charge is 2.25. The van der Waals surface area contributed by atoms with E-state index in [2.05, 4.69) is 20.8 Å². The first kappa shape index (κ1) is 11.0. The molecular formula is C11H23NO. The Labute approximate surface area is 81.8 Å². The number of nitrogens with two attached hydrogens (primary N) is 1. The van der Waals surface area contributed by atoms with Crippen LogP contribution in [0.25, 0.3) is 0 Å². The normalized spacial score (nSPS) is 31.2. The molecular weight excluding hydrogens is 162 g/mol. The van der Waals surface area contributed by atoms with Crippen LogP contribution in [0.5, 0.6) is 0 Å². The van der Waals surface area contributed by atoms with Gasteiger partial charge in [0.05, 0.1) is 12.2 Å². The molecule has 0 bridgehead atoms. The Hall–Kier alpha value is -0.0800. The largest absolute Gasteiger partial charge is 0.375 e. The topological polar surface area (TPSA) is 35.2 Å². The summed E-state index contributed by atoms with van der Waals surface area (Å²) in [5.74, 6) is 0.749. The molecule has 0 spiro atoms. The second-order valence-corrected chi connectivity index (χ2v) is 4.80. The molecule has 0 aromatic carbocycles. The smallest absolute Gasteiger partial charge is 0.0594 e. The van der Waals surface area contributed by atoms with Crippen LogP contribution in [0.2, 0.25) is 0 Å². The molecule has 2 N–H and O–H groups in total. The predicted molar refractivity (Wildman–Crippen MR) is 55.6 cm³/mol. The summed E-state index contributed by atoms with van der Waals surface area (Å²) in [5, 5.41) is 0. The minimum atomic E-state index is 0.280. The average Bonchev–Trinajstić information content (AvgIpc) is 2.33. The lowest BCUT2D eigenvalue weighted by Gasteiger charge is -2.16. The van der Waals surface area contributed by atoms with Gasteiger partial charge in [0.15, 0.2) is 0 Å². The Morgan fingerprint density at radius 1 is 1.15 bits per heavy atom. The fourth-order valence-electron chi connectivity index (χ4n) is 2.07. The van der Waals surface area contributed by atoms with Crippen molar-refractivity contribution in [1.29, 1.82) is 0 Å². The molecule has 3 atom stereocenters. The van der Waals surface area contributed by atoms with Gasteiger partial charge < -0.3 is 10.5 Å². The van der Waals surface area contributed by atoms with Crippen molar-refractivity contribution in [1.82, 2.24) is 0 Å². The third kappa shape index (κ3) is 4.10. The number of rotatable bonds is 4. The van der Waals surface area contributed by atoms with E-state index in [0.29, 0.717) is 12.2 Å². The van der Waals surface area contributed by atoms with Gasteiger partial charge in [-0.3, -0.25) is 0 Å². The monoisotopic (exact) mass is 185 g/mol. The van der Waals surface area contributed by atoms with Crippen molar-refractivity contribution in [3.8, 4) is 0 Å². The molecule has 13 heavy (non-hydrogen) atoms. The van der Waals surface area contributed by atoms with Crippen molar-refractivity contribution in [3.05, 3.63) is 0 Å². The van der Waals surface area contributed by atoms with Crippen LogP contribution in [-0.2, 0) is 4.74 Å². The molecule has 0 radical (unpaired) electrons. The van der Waals surface area contributed by atoms with Crippen molar-refractivity contribution < 1.29 is 4.74 Å². The molecule has 2 heteroatoms. The van der Waals surface area contributed by atoms with Crippen LogP contribution >= 0.6 is 0 Å². The Balaban J connectivity index is 2.20. The van der Waals surface area contributed by atoms with Crippen molar-refractivity contribution in [2.24, 2.45) is 11.7 Å². The molecule has 1 fully saturated rings. The van der Waals surface area contributed by atoms with Gasteiger partial charge in [-0.05, 0) is 38.5 Å². The lowest BCUT2D eigenvalue weighted by Crippen LogP contribution is -2.23. The van der Waals surface area contributed by atoms with Crippen LogP contribution in [0.4, 0.5) is 0 Å². The van der Waals surface area contributed by atoms with Crippen LogP contribution < -0.4 is 5.73 Å². The van der Waals surface area contributed by atoms with Crippen molar-refractivity contribution >= 4 is 0 Å². The molecule has 0 aromatic rings. The summed E-state index contributed by atoms with van der Waals surface area (Å²) in [7, 11) is 0. The average molecular weight is 185 g/mol. The molecule has 1 aliphatic rings. The van der Waals surface area contributed by atoms with Crippen molar-refractivity contribution in [2.75, 3.05) is 0 Å². The first-order valence-corrected chi connectivity index (χ1v) is 5.49. The summed E-state index contributed by atoms with van der Waals surface area (Å²) in [5.41, 5.74) is 5.74. The Kier molecular flexibility index (Phi) is 4.20. The van der Waals surface area contributed by atoms with E-state index >= 15 is 0 Å². The minimum Gasteiger partial charge on any atom is -0.375 e. The summed E-state index contributed by atoms with van der Waals surface area (Å²) in [6.45, 7) is 6.56. The Morgan fingerprint density at radius 3 is 2.15 bits per heavy atom. The third-order valence-corrected chi connectivity index (χ3v) is 2.56. The summed E-state index contributed by atoms with van der Waals surface area (Å²) in [6.07, 6.45) is 5.60. The van der Waals surface area contributed by atoms with Crippen molar-refractivity contribution in [2.45, 2.75) is 64.7 Å². The highest BCUT2D eigenvalue weighted by molar-refractivity contribution is 4.76. The van der Waals surface area contributed by atoms with Crippen LogP contribution in [0.3, 0.4) is 0 Å². The third-order valence-electron chi connectivity index (χ3n) is 2.56. The molecule has 2 nitrogen and oxygen atoms in total. The number of hydrogen-bond acceptors (Lipinski definition) is 2. The van der Waals surface area contributed by atoms with E-state index in [1.165, 1.54) is 19.3 Å². The van der Waals surface area contributed by atoms with Crippen LogP contribution in [0.1, 0.15) is 46.5 Å². The zero-order valence-corrected chi connectivity index (χ0v) is 9.12. The standard InChI is InChI=1S/C11H23NO/c1-8(2)6-10-4-5-11(13-10)7-9(3)12/h8-11H,4-7,12H2,1-3H3. The van der Waals surface area contributed by atoms with Gasteiger partial charge in [0.1, 0.15) is 0 Å². The second kappa shape index (κ2) is 4.97. The lowest BCUT2D eigenvalue weighted by molar-refractivity contribution is 0.0273. The van der Waals surface area contributed by atoms with Gasteiger partial charge >= 0.3 is 0 Å². The second-order valence-electron chi connectivity index (χ2n) is 4.80. The van der Waals surface area contributed by atoms with E-state index in [0.717, 1.165) is 12.3 Å².